The van der Waals surface area contributed by atoms with Crippen molar-refractivity contribution in [2.45, 2.75) is 0 Å². The van der Waals surface area contributed by atoms with Gasteiger partial charge in [0.2, 0.25) is 0 Å². The van der Waals surface area contributed by atoms with Crippen LogP contribution >= 0.6 is 23.7 Å². The molecule has 0 fully saturated rings. The van der Waals surface area contributed by atoms with E-state index in [-0.39, 0.29) is 72.8 Å². The molecule has 5 heavy (non-hydrogen) atoms. The zero-order valence-electron chi connectivity index (χ0n) is 4.28. The molecule has 0 heterocycles. The number of hydrogen-bond acceptors (Lipinski definition) is 1. The molecule has 0 N–H and O–H groups in total. The van der Waals surface area contributed by atoms with E-state index < -0.39 is 0 Å². The summed E-state index contributed by atoms with van der Waals surface area (Å²) in [7, 11) is 0. The molecule has 0 saturated carbocycles. The Balaban J connectivity index is -0.00000000333. The quantitative estimate of drug-likeness (QED) is 0.545. The van der Waals surface area contributed by atoms with Gasteiger partial charge in [-0.2, -0.15) is 3.84 Å². The third kappa shape index (κ3) is 20.0. The molecule has 0 saturated heterocycles. The van der Waals surface area contributed by atoms with Gasteiger partial charge in [-0.15, -0.1) is 0 Å². The maximum atomic E-state index is 4.26. The normalized spacial score (nSPS) is 3.60. The van der Waals surface area contributed by atoms with Crippen molar-refractivity contribution in [3.05, 3.63) is 0 Å². The van der Waals surface area contributed by atoms with Crippen LogP contribution in [0.15, 0.2) is 0 Å². The first-order chi connectivity index (χ1) is 1.41. The monoisotopic (exact) mass is 410 g/mol. The number of hydrogen-bond donors (Lipinski definition) is 0. The second kappa shape index (κ2) is 15.8. The zero-order chi connectivity index (χ0) is 2.71. The van der Waals surface area contributed by atoms with E-state index in [1.165, 1.54) is 0 Å². The van der Waals surface area contributed by atoms with Gasteiger partial charge in [0.1, 0.15) is 0 Å². The van der Waals surface area contributed by atoms with Crippen molar-refractivity contribution in [3.8, 4) is 0 Å². The van der Waals surface area contributed by atoms with Gasteiger partial charge < -0.3 is 2.85 Å². The predicted octanol–water partition coefficient (Wildman–Crippen LogP) is 1.15. The Labute approximate surface area is 98.4 Å². The van der Waals surface area contributed by atoms with Gasteiger partial charge in [0.15, 0.2) is 0 Å². The third-order valence-electron chi connectivity index (χ3n) is 0. The molecule has 0 rings (SSSR count). The molecule has 0 bridgehead atoms. The predicted molar refractivity (Wildman–Crippen MR) is 20.8 cm³/mol. The molecule has 0 aliphatic heterocycles. The zero-order valence-corrected chi connectivity index (χ0v) is 11.2. The van der Waals surface area contributed by atoms with Crippen LogP contribution in [0.25, 0.3) is 0 Å². The number of halogens is 2. The van der Waals surface area contributed by atoms with Gasteiger partial charge in [0.25, 0.3) is 0 Å². The fourth-order valence-corrected chi connectivity index (χ4v) is 0. The van der Waals surface area contributed by atoms with E-state index in [0.717, 1.165) is 0 Å². The van der Waals surface area contributed by atoms with Gasteiger partial charge in [0, 0.05) is 21.1 Å². The molecule has 0 amide bonds. The van der Waals surface area contributed by atoms with E-state index >= 15 is 0 Å². The molecule has 30 valence electrons. The summed E-state index contributed by atoms with van der Waals surface area (Å²) in [5.74, 6) is 0. The van der Waals surface area contributed by atoms with Crippen LogP contribution in [-0.2, 0) is 24.9 Å². The molecular formula is H2BaCl2OW. The topological polar surface area (TPSA) is 9.23 Å². The standard InChI is InChI=1S/Ba.Cl2O.W.2H/c;1-3-2;;;/q+2;;;2*-1. The van der Waals surface area contributed by atoms with Crippen molar-refractivity contribution in [1.82, 2.24) is 0 Å². The molecule has 0 radical (unpaired) electrons. The molecule has 0 aliphatic rings. The molecule has 0 aromatic rings. The Bertz CT molecular complexity index is 15.7. The average Bonchev–Trinajstić information content (AvgIpc) is 0.918. The maximum absolute atomic E-state index is 4.26. The molecule has 1 nitrogen and oxygen atoms in total. The van der Waals surface area contributed by atoms with E-state index in [2.05, 4.69) is 27.6 Å². The van der Waals surface area contributed by atoms with Crippen LogP contribution < -0.4 is 0 Å². The van der Waals surface area contributed by atoms with E-state index in [9.17, 15) is 0 Å². The first kappa shape index (κ1) is 15.7. The summed E-state index contributed by atoms with van der Waals surface area (Å²) in [6.45, 7) is 0. The summed E-state index contributed by atoms with van der Waals surface area (Å²) < 4.78 is 3.19. The van der Waals surface area contributed by atoms with Gasteiger partial charge in [-0.05, 0) is 0 Å². The van der Waals surface area contributed by atoms with Crippen molar-refractivity contribution in [3.63, 3.8) is 0 Å². The summed E-state index contributed by atoms with van der Waals surface area (Å²) in [6.07, 6.45) is 0. The summed E-state index contributed by atoms with van der Waals surface area (Å²) >= 11 is 8.53. The number of rotatable bonds is 0. The van der Waals surface area contributed by atoms with Crippen molar-refractivity contribution < 1.29 is 27.8 Å². The van der Waals surface area contributed by atoms with Crippen LogP contribution in [0.2, 0.25) is 0 Å². The Morgan fingerprint density at radius 1 is 1.40 bits per heavy atom. The second-order valence-electron chi connectivity index (χ2n) is 0.0583. The molecule has 0 unspecified atom stereocenters. The molecule has 0 aromatic carbocycles. The fourth-order valence-electron chi connectivity index (χ4n) is 0. The molecule has 0 atom stereocenters. The van der Waals surface area contributed by atoms with E-state index in [4.69, 9.17) is 0 Å². The SMILES string of the molecule is ClOCl.[Ba+2].[H-].[H-].[W]. The van der Waals surface area contributed by atoms with Crippen molar-refractivity contribution in [1.29, 1.82) is 0 Å². The van der Waals surface area contributed by atoms with Crippen LogP contribution in [0.3, 0.4) is 0 Å². The third-order valence-corrected chi connectivity index (χ3v) is 0. The summed E-state index contributed by atoms with van der Waals surface area (Å²) in [5.41, 5.74) is 0. The van der Waals surface area contributed by atoms with E-state index in [0.29, 0.717) is 0 Å². The minimum atomic E-state index is 0. The fraction of sp³-hybridized carbons (Fsp3) is 0. The minimum Gasteiger partial charge on any atom is -1.00 e. The van der Waals surface area contributed by atoms with Crippen molar-refractivity contribution >= 4 is 72.6 Å². The first-order valence-electron chi connectivity index (χ1n) is 0.309. The summed E-state index contributed by atoms with van der Waals surface area (Å²) in [6, 6.07) is 0. The summed E-state index contributed by atoms with van der Waals surface area (Å²) in [4.78, 5) is 0. The van der Waals surface area contributed by atoms with Crippen molar-refractivity contribution in [2.24, 2.45) is 0 Å². The maximum Gasteiger partial charge on any atom is 2.00 e. The van der Waals surface area contributed by atoms with E-state index in [1.54, 1.807) is 0 Å². The van der Waals surface area contributed by atoms with Crippen LogP contribution in [0.5, 0.6) is 0 Å². The van der Waals surface area contributed by atoms with E-state index in [1.807, 2.05) is 0 Å². The Morgan fingerprint density at radius 3 is 1.40 bits per heavy atom. The average molecular weight is 410 g/mol. The van der Waals surface area contributed by atoms with Crippen LogP contribution in [0.1, 0.15) is 2.85 Å². The van der Waals surface area contributed by atoms with Gasteiger partial charge in [-0.1, -0.05) is 0 Å². The smallest absolute Gasteiger partial charge is 1.00 e. The second-order valence-corrected chi connectivity index (χ2v) is 0.525. The largest absolute Gasteiger partial charge is 2.00 e. The van der Waals surface area contributed by atoms with Crippen LogP contribution in [0, 0.1) is 0 Å². The molecule has 0 aliphatic carbocycles. The van der Waals surface area contributed by atoms with Gasteiger partial charge >= 0.3 is 48.9 Å². The van der Waals surface area contributed by atoms with Gasteiger partial charge in [-0.3, -0.25) is 0 Å². The Kier molecular flexibility index (Phi) is 49.6. The molecule has 5 heteroatoms. The van der Waals surface area contributed by atoms with Gasteiger partial charge in [0.05, 0.1) is 23.7 Å². The van der Waals surface area contributed by atoms with Crippen molar-refractivity contribution in [2.75, 3.05) is 0 Å². The Morgan fingerprint density at radius 2 is 1.40 bits per heavy atom. The van der Waals surface area contributed by atoms with Crippen LogP contribution in [0.4, 0.5) is 0 Å². The minimum absolute atomic E-state index is 0. The molecular weight excluding hydrogens is 408 g/mol. The van der Waals surface area contributed by atoms with Gasteiger partial charge in [-0.25, -0.2) is 0 Å². The first-order valence-corrected chi connectivity index (χ1v) is 0.926. The molecule has 0 spiro atoms. The molecule has 0 aromatic heterocycles. The summed E-state index contributed by atoms with van der Waals surface area (Å²) in [5, 5.41) is 0. The Hall–Kier alpha value is 2.80. The van der Waals surface area contributed by atoms with Crippen LogP contribution in [-0.4, -0.2) is 48.9 Å².